The predicted octanol–water partition coefficient (Wildman–Crippen LogP) is 5.53. The molecule has 0 bridgehead atoms. The Morgan fingerprint density at radius 3 is 2.36 bits per heavy atom. The van der Waals surface area contributed by atoms with Crippen LogP contribution in [0.3, 0.4) is 0 Å². The number of carbonyl (C=O) groups is 2. The fraction of sp³-hybridized carbons (Fsp3) is 0.300. The number of carbonyl (C=O) groups excluding carboxylic acids is 2. The van der Waals surface area contributed by atoms with Crippen LogP contribution in [-0.4, -0.2) is 55.0 Å². The van der Waals surface area contributed by atoms with E-state index in [1.807, 2.05) is 74.5 Å². The van der Waals surface area contributed by atoms with Crippen LogP contribution in [0.5, 0.6) is 17.2 Å². The SMILES string of the molecule is COc1ccc(N=C2S[C@@H](CC(=O)Nc3ccc(C)cc3C)C(=O)N2CCc2ccc(OC)c(OC)c2)cc1. The van der Waals surface area contributed by atoms with Crippen LogP contribution < -0.4 is 19.5 Å². The summed E-state index contributed by atoms with van der Waals surface area (Å²) in [4.78, 5) is 32.9. The summed E-state index contributed by atoms with van der Waals surface area (Å²) in [6, 6.07) is 18.9. The Balaban J connectivity index is 1.53. The van der Waals surface area contributed by atoms with E-state index in [1.165, 1.54) is 11.8 Å². The second-order valence-electron chi connectivity index (χ2n) is 9.20. The number of aliphatic imine (C=N–C) groups is 1. The van der Waals surface area contributed by atoms with Gasteiger partial charge >= 0.3 is 0 Å². The molecule has 0 spiro atoms. The number of nitrogens with one attached hydrogen (secondary N) is 1. The molecule has 1 aliphatic heterocycles. The fourth-order valence-corrected chi connectivity index (χ4v) is 5.48. The van der Waals surface area contributed by atoms with Gasteiger partial charge < -0.3 is 19.5 Å². The Morgan fingerprint density at radius 1 is 0.949 bits per heavy atom. The fourth-order valence-electron chi connectivity index (χ4n) is 4.30. The van der Waals surface area contributed by atoms with Crippen LogP contribution in [0.4, 0.5) is 11.4 Å². The largest absolute Gasteiger partial charge is 0.497 e. The van der Waals surface area contributed by atoms with Crippen LogP contribution >= 0.6 is 11.8 Å². The van der Waals surface area contributed by atoms with E-state index in [0.29, 0.717) is 35.3 Å². The molecule has 1 heterocycles. The topological polar surface area (TPSA) is 89.5 Å². The van der Waals surface area contributed by atoms with Gasteiger partial charge in [-0.3, -0.25) is 14.5 Å². The molecule has 39 heavy (non-hydrogen) atoms. The number of aryl methyl sites for hydroxylation is 2. The Labute approximate surface area is 233 Å². The Morgan fingerprint density at radius 2 is 1.69 bits per heavy atom. The smallest absolute Gasteiger partial charge is 0.242 e. The second kappa shape index (κ2) is 12.7. The quantitative estimate of drug-likeness (QED) is 0.359. The highest BCUT2D eigenvalue weighted by molar-refractivity contribution is 8.15. The van der Waals surface area contributed by atoms with Crippen molar-refractivity contribution in [2.45, 2.75) is 31.9 Å². The van der Waals surface area contributed by atoms with Gasteiger partial charge in [0.1, 0.15) is 11.0 Å². The molecule has 1 saturated heterocycles. The zero-order valence-electron chi connectivity index (χ0n) is 22.8. The monoisotopic (exact) mass is 547 g/mol. The summed E-state index contributed by atoms with van der Waals surface area (Å²) in [5.41, 5.74) is 4.54. The zero-order valence-corrected chi connectivity index (χ0v) is 23.6. The van der Waals surface area contributed by atoms with Gasteiger partial charge in [-0.25, -0.2) is 4.99 Å². The number of amidine groups is 1. The van der Waals surface area contributed by atoms with Gasteiger partial charge in [0, 0.05) is 18.7 Å². The van der Waals surface area contributed by atoms with Gasteiger partial charge in [0.15, 0.2) is 16.7 Å². The summed E-state index contributed by atoms with van der Waals surface area (Å²) in [5, 5.41) is 2.95. The molecule has 3 aromatic carbocycles. The molecule has 2 amide bonds. The highest BCUT2D eigenvalue weighted by Gasteiger charge is 2.39. The van der Waals surface area contributed by atoms with E-state index < -0.39 is 5.25 Å². The molecule has 1 N–H and O–H groups in total. The molecule has 1 aliphatic rings. The summed E-state index contributed by atoms with van der Waals surface area (Å²) < 4.78 is 16.0. The number of methoxy groups -OCH3 is 3. The molecule has 0 saturated carbocycles. The van der Waals surface area contributed by atoms with Gasteiger partial charge in [-0.05, 0) is 73.9 Å². The van der Waals surface area contributed by atoms with Gasteiger partial charge in [0.2, 0.25) is 11.8 Å². The lowest BCUT2D eigenvalue weighted by Crippen LogP contribution is -2.35. The molecule has 9 heteroatoms. The number of benzene rings is 3. The van der Waals surface area contributed by atoms with Crippen molar-refractivity contribution in [3.63, 3.8) is 0 Å². The van der Waals surface area contributed by atoms with E-state index in [9.17, 15) is 9.59 Å². The Bertz CT molecular complexity index is 1370. The minimum atomic E-state index is -0.571. The average molecular weight is 548 g/mol. The van der Waals surface area contributed by atoms with E-state index in [0.717, 1.165) is 28.1 Å². The van der Waals surface area contributed by atoms with Crippen molar-refractivity contribution in [1.29, 1.82) is 0 Å². The van der Waals surface area contributed by atoms with E-state index in [2.05, 4.69) is 5.32 Å². The summed E-state index contributed by atoms with van der Waals surface area (Å²) in [7, 11) is 4.79. The number of amides is 2. The number of ether oxygens (including phenoxy) is 3. The first-order valence-corrected chi connectivity index (χ1v) is 13.5. The van der Waals surface area contributed by atoms with Crippen LogP contribution in [0.15, 0.2) is 65.7 Å². The third kappa shape index (κ3) is 6.92. The summed E-state index contributed by atoms with van der Waals surface area (Å²) >= 11 is 1.32. The first-order valence-electron chi connectivity index (χ1n) is 12.6. The first-order chi connectivity index (χ1) is 18.8. The number of rotatable bonds is 10. The van der Waals surface area contributed by atoms with Crippen molar-refractivity contribution in [2.75, 3.05) is 33.2 Å². The number of hydrogen-bond donors (Lipinski definition) is 1. The molecule has 1 fully saturated rings. The minimum Gasteiger partial charge on any atom is -0.497 e. The van der Waals surface area contributed by atoms with Gasteiger partial charge in [0.05, 0.1) is 27.0 Å². The second-order valence-corrected chi connectivity index (χ2v) is 10.4. The molecule has 1 atom stereocenters. The molecule has 0 radical (unpaired) electrons. The van der Waals surface area contributed by atoms with Crippen molar-refractivity contribution in [1.82, 2.24) is 4.90 Å². The number of nitrogens with zero attached hydrogens (tertiary/aromatic N) is 2. The van der Waals surface area contributed by atoms with Crippen LogP contribution in [0, 0.1) is 13.8 Å². The lowest BCUT2D eigenvalue weighted by molar-refractivity contribution is -0.128. The van der Waals surface area contributed by atoms with Gasteiger partial charge in [-0.15, -0.1) is 0 Å². The van der Waals surface area contributed by atoms with Crippen LogP contribution in [0.25, 0.3) is 0 Å². The molecule has 0 aromatic heterocycles. The van der Waals surface area contributed by atoms with Crippen LogP contribution in [0.2, 0.25) is 0 Å². The maximum atomic E-state index is 13.5. The third-order valence-corrected chi connectivity index (χ3v) is 7.59. The number of hydrogen-bond acceptors (Lipinski definition) is 7. The van der Waals surface area contributed by atoms with E-state index in [4.69, 9.17) is 19.2 Å². The maximum Gasteiger partial charge on any atom is 0.242 e. The lowest BCUT2D eigenvalue weighted by Gasteiger charge is -2.17. The van der Waals surface area contributed by atoms with E-state index in [1.54, 1.807) is 26.2 Å². The van der Waals surface area contributed by atoms with Gasteiger partial charge in [-0.2, -0.15) is 0 Å². The summed E-state index contributed by atoms with van der Waals surface area (Å²) in [6.45, 7) is 4.37. The molecule has 4 rings (SSSR count). The Hall–Kier alpha value is -3.98. The normalized spacial score (nSPS) is 15.9. The Kier molecular flexibility index (Phi) is 9.14. The highest BCUT2D eigenvalue weighted by Crippen LogP contribution is 2.33. The first kappa shape index (κ1) is 28.0. The molecule has 204 valence electrons. The maximum absolute atomic E-state index is 13.5. The van der Waals surface area contributed by atoms with Crippen molar-refractivity contribution < 1.29 is 23.8 Å². The molecule has 0 unspecified atom stereocenters. The van der Waals surface area contributed by atoms with Crippen molar-refractivity contribution in [3.8, 4) is 17.2 Å². The standard InChI is InChI=1S/C30H33N3O5S/c1-19-6-12-24(20(2)16-19)32-28(34)18-27-29(35)33(15-14-21-7-13-25(37-4)26(17-21)38-5)30(39-27)31-22-8-10-23(36-3)11-9-22/h6-13,16-17,27H,14-15,18H2,1-5H3,(H,32,34)/t27-/m0/s1. The lowest BCUT2D eigenvalue weighted by atomic mass is 10.1. The average Bonchev–Trinajstić information content (AvgIpc) is 3.22. The number of anilines is 1. The minimum absolute atomic E-state index is 0.0469. The summed E-state index contributed by atoms with van der Waals surface area (Å²) in [5.74, 6) is 1.65. The van der Waals surface area contributed by atoms with E-state index >= 15 is 0 Å². The molecular weight excluding hydrogens is 514 g/mol. The van der Waals surface area contributed by atoms with Crippen molar-refractivity contribution >= 4 is 40.1 Å². The van der Waals surface area contributed by atoms with Gasteiger partial charge in [-0.1, -0.05) is 35.5 Å². The molecule has 0 aliphatic carbocycles. The van der Waals surface area contributed by atoms with Crippen molar-refractivity contribution in [3.05, 3.63) is 77.4 Å². The predicted molar refractivity (Wildman–Crippen MR) is 156 cm³/mol. The molecule has 8 nitrogen and oxygen atoms in total. The van der Waals surface area contributed by atoms with Crippen molar-refractivity contribution in [2.24, 2.45) is 4.99 Å². The number of thioether (sulfide) groups is 1. The van der Waals surface area contributed by atoms with Crippen LogP contribution in [0.1, 0.15) is 23.1 Å². The third-order valence-electron chi connectivity index (χ3n) is 6.42. The van der Waals surface area contributed by atoms with Crippen LogP contribution in [-0.2, 0) is 16.0 Å². The molecule has 3 aromatic rings. The van der Waals surface area contributed by atoms with E-state index in [-0.39, 0.29) is 18.2 Å². The van der Waals surface area contributed by atoms with Gasteiger partial charge in [0.25, 0.3) is 0 Å². The summed E-state index contributed by atoms with van der Waals surface area (Å²) in [6.07, 6.45) is 0.626. The highest BCUT2D eigenvalue weighted by atomic mass is 32.2. The molecular formula is C30H33N3O5S. The zero-order chi connectivity index (χ0) is 27.9.